The van der Waals surface area contributed by atoms with Crippen LogP contribution in [0, 0.1) is 13.8 Å². The van der Waals surface area contributed by atoms with Crippen LogP contribution in [0.1, 0.15) is 42.0 Å². The number of anilines is 1. The first kappa shape index (κ1) is 19.2. The molecule has 1 N–H and O–H groups in total. The van der Waals surface area contributed by atoms with E-state index in [1.54, 1.807) is 6.08 Å². The Hall–Kier alpha value is -2.53. The van der Waals surface area contributed by atoms with Crippen LogP contribution < -0.4 is 5.32 Å². The van der Waals surface area contributed by atoms with E-state index < -0.39 is 0 Å². The third-order valence-corrected chi connectivity index (χ3v) is 5.50. The zero-order chi connectivity index (χ0) is 19.6. The summed E-state index contributed by atoms with van der Waals surface area (Å²) in [6.45, 7) is 8.46. The van der Waals surface area contributed by atoms with Crippen molar-refractivity contribution in [3.05, 3.63) is 69.6 Å². The first-order valence-corrected chi connectivity index (χ1v) is 9.83. The van der Waals surface area contributed by atoms with Crippen LogP contribution in [0.3, 0.4) is 0 Å². The van der Waals surface area contributed by atoms with Crippen LogP contribution in [0.5, 0.6) is 0 Å². The number of hydrogen-bond donors (Lipinski definition) is 1. The van der Waals surface area contributed by atoms with Crippen LogP contribution in [0.15, 0.2) is 47.4 Å². The number of nitrogens with zero attached hydrogens (tertiary/aromatic N) is 1. The molecule has 2 aromatic carbocycles. The largest absolute Gasteiger partial charge is 0.367 e. The van der Waals surface area contributed by atoms with E-state index in [4.69, 9.17) is 0 Å². The molecule has 0 aliphatic carbocycles. The average Bonchev–Trinajstić information content (AvgIpc) is 2.89. The molecule has 0 radical (unpaired) electrons. The van der Waals surface area contributed by atoms with E-state index in [-0.39, 0.29) is 17.8 Å². The molecule has 4 nitrogen and oxygen atoms in total. The van der Waals surface area contributed by atoms with Crippen molar-refractivity contribution in [2.75, 3.05) is 12.0 Å². The monoisotopic (exact) mass is 380 g/mol. The molecule has 0 unspecified atom stereocenters. The van der Waals surface area contributed by atoms with Crippen LogP contribution in [0.4, 0.5) is 10.5 Å². The van der Waals surface area contributed by atoms with Crippen molar-refractivity contribution in [2.45, 2.75) is 33.6 Å². The summed E-state index contributed by atoms with van der Waals surface area (Å²) in [5.74, 6) is 0.207. The van der Waals surface area contributed by atoms with Crippen molar-refractivity contribution in [2.24, 2.45) is 0 Å². The molecule has 1 aliphatic heterocycles. The number of imide groups is 1. The Morgan fingerprint density at radius 1 is 1.07 bits per heavy atom. The van der Waals surface area contributed by atoms with E-state index in [1.807, 2.05) is 44.2 Å². The highest BCUT2D eigenvalue weighted by atomic mass is 32.2. The first-order valence-electron chi connectivity index (χ1n) is 9.01. The molecule has 0 spiro atoms. The lowest BCUT2D eigenvalue weighted by molar-refractivity contribution is -0.122. The zero-order valence-corrected chi connectivity index (χ0v) is 16.9. The molecule has 3 rings (SSSR count). The van der Waals surface area contributed by atoms with Crippen molar-refractivity contribution >= 4 is 34.7 Å². The molecule has 1 saturated heterocycles. The number of aryl methyl sites for hydroxylation is 2. The van der Waals surface area contributed by atoms with Gasteiger partial charge in [-0.15, -0.1) is 0 Å². The molecule has 2 aromatic rings. The fourth-order valence-corrected chi connectivity index (χ4v) is 3.69. The Balaban J connectivity index is 1.71. The predicted octanol–water partition coefficient (Wildman–Crippen LogP) is 5.53. The minimum Gasteiger partial charge on any atom is -0.367 e. The molecule has 140 valence electrons. The summed E-state index contributed by atoms with van der Waals surface area (Å²) in [6.07, 6.45) is 1.78. The molecule has 1 aliphatic rings. The summed E-state index contributed by atoms with van der Waals surface area (Å²) in [5.41, 5.74) is 5.31. The normalized spacial score (nSPS) is 15.9. The summed E-state index contributed by atoms with van der Waals surface area (Å²) < 4.78 is 0. The molecule has 0 aromatic heterocycles. The molecular formula is C22H24N2O2S. The number of benzene rings is 2. The van der Waals surface area contributed by atoms with Gasteiger partial charge in [-0.1, -0.05) is 50.2 Å². The molecule has 5 heteroatoms. The summed E-state index contributed by atoms with van der Waals surface area (Å²) in [6, 6.07) is 14.2. The second kappa shape index (κ2) is 8.01. The van der Waals surface area contributed by atoms with Crippen molar-refractivity contribution in [1.29, 1.82) is 0 Å². The Bertz CT molecular complexity index is 901. The lowest BCUT2D eigenvalue weighted by Gasteiger charge is -2.16. The summed E-state index contributed by atoms with van der Waals surface area (Å²) in [7, 11) is 0. The van der Waals surface area contributed by atoms with Crippen LogP contribution in [-0.2, 0) is 4.79 Å². The lowest BCUT2D eigenvalue weighted by Crippen LogP contribution is -2.33. The smallest absolute Gasteiger partial charge is 0.295 e. The highest BCUT2D eigenvalue weighted by Crippen LogP contribution is 2.32. The van der Waals surface area contributed by atoms with Gasteiger partial charge in [0.15, 0.2) is 0 Å². The Morgan fingerprint density at radius 2 is 1.78 bits per heavy atom. The van der Waals surface area contributed by atoms with Crippen LogP contribution in [-0.4, -0.2) is 22.7 Å². The summed E-state index contributed by atoms with van der Waals surface area (Å²) >= 11 is 0.988. The van der Waals surface area contributed by atoms with Gasteiger partial charge < -0.3 is 5.32 Å². The number of hydrogen-bond acceptors (Lipinski definition) is 4. The fraction of sp³-hybridized carbons (Fsp3) is 0.273. The standard InChI is InChI=1S/C22H24N2O2S/c1-14(2)18-9-7-17(8-10-18)12-20-21(25)24(22(26)27-20)13-23-19-11-15(3)5-6-16(19)4/h5-12,14,23H,13H2,1-4H3/b20-12+. The molecule has 0 bridgehead atoms. The quantitative estimate of drug-likeness (QED) is 0.693. The van der Waals surface area contributed by atoms with E-state index in [9.17, 15) is 9.59 Å². The number of thioether (sulfide) groups is 1. The van der Waals surface area contributed by atoms with Crippen molar-refractivity contribution in [1.82, 2.24) is 4.90 Å². The second-order valence-electron chi connectivity index (χ2n) is 7.08. The minimum atomic E-state index is -0.254. The minimum absolute atomic E-state index is 0.165. The molecule has 0 atom stereocenters. The van der Waals surface area contributed by atoms with Crippen molar-refractivity contribution in [3.63, 3.8) is 0 Å². The SMILES string of the molecule is Cc1ccc(C)c(NCN2C(=O)S/C(=C/c3ccc(C(C)C)cc3)C2=O)c1. The second-order valence-corrected chi connectivity index (χ2v) is 8.08. The third-order valence-electron chi connectivity index (χ3n) is 4.60. The molecule has 2 amide bonds. The van der Waals surface area contributed by atoms with Gasteiger partial charge in [-0.25, -0.2) is 0 Å². The number of amides is 2. The molecule has 1 fully saturated rings. The van der Waals surface area contributed by atoms with Gasteiger partial charge in [-0.2, -0.15) is 0 Å². The number of carbonyl (C=O) groups excluding carboxylic acids is 2. The van der Waals surface area contributed by atoms with Crippen LogP contribution in [0.25, 0.3) is 6.08 Å². The Labute approximate surface area is 164 Å². The van der Waals surface area contributed by atoms with Gasteiger partial charge in [0, 0.05) is 5.69 Å². The highest BCUT2D eigenvalue weighted by Gasteiger charge is 2.34. The van der Waals surface area contributed by atoms with E-state index in [0.29, 0.717) is 10.8 Å². The van der Waals surface area contributed by atoms with E-state index in [2.05, 4.69) is 31.3 Å². The fourth-order valence-electron chi connectivity index (χ4n) is 2.86. The lowest BCUT2D eigenvalue weighted by atomic mass is 10.0. The average molecular weight is 381 g/mol. The highest BCUT2D eigenvalue weighted by molar-refractivity contribution is 8.18. The molecule has 0 saturated carbocycles. The van der Waals surface area contributed by atoms with E-state index in [1.165, 1.54) is 10.5 Å². The summed E-state index contributed by atoms with van der Waals surface area (Å²) in [5, 5.41) is 2.96. The Morgan fingerprint density at radius 3 is 2.44 bits per heavy atom. The third kappa shape index (κ3) is 4.42. The van der Waals surface area contributed by atoms with Gasteiger partial charge in [0.1, 0.15) is 0 Å². The number of rotatable bonds is 5. The van der Waals surface area contributed by atoms with Gasteiger partial charge in [0.2, 0.25) is 0 Å². The number of carbonyl (C=O) groups is 2. The maximum atomic E-state index is 12.6. The van der Waals surface area contributed by atoms with E-state index in [0.717, 1.165) is 34.1 Å². The molecule has 1 heterocycles. The predicted molar refractivity (Wildman–Crippen MR) is 113 cm³/mol. The zero-order valence-electron chi connectivity index (χ0n) is 16.1. The topological polar surface area (TPSA) is 49.4 Å². The van der Waals surface area contributed by atoms with Gasteiger partial charge in [0.05, 0.1) is 11.6 Å². The van der Waals surface area contributed by atoms with Crippen molar-refractivity contribution in [3.8, 4) is 0 Å². The molecular weight excluding hydrogens is 356 g/mol. The van der Waals surface area contributed by atoms with Gasteiger partial charge in [-0.3, -0.25) is 14.5 Å². The first-order chi connectivity index (χ1) is 12.8. The maximum Gasteiger partial charge on any atom is 0.295 e. The van der Waals surface area contributed by atoms with Crippen molar-refractivity contribution < 1.29 is 9.59 Å². The molecule has 27 heavy (non-hydrogen) atoms. The Kier molecular flexibility index (Phi) is 5.71. The maximum absolute atomic E-state index is 12.6. The van der Waals surface area contributed by atoms with Gasteiger partial charge >= 0.3 is 0 Å². The van der Waals surface area contributed by atoms with Crippen LogP contribution >= 0.6 is 11.8 Å². The van der Waals surface area contributed by atoms with Gasteiger partial charge in [0.25, 0.3) is 11.1 Å². The number of nitrogens with one attached hydrogen (secondary N) is 1. The summed E-state index contributed by atoms with van der Waals surface area (Å²) in [4.78, 5) is 26.6. The van der Waals surface area contributed by atoms with Gasteiger partial charge in [-0.05, 0) is 65.9 Å². The van der Waals surface area contributed by atoms with E-state index >= 15 is 0 Å². The van der Waals surface area contributed by atoms with Crippen LogP contribution in [0.2, 0.25) is 0 Å².